The maximum absolute atomic E-state index is 14.5. The summed E-state index contributed by atoms with van der Waals surface area (Å²) in [6.45, 7) is 3.95. The number of alkyl halides is 3. The van der Waals surface area contributed by atoms with Crippen LogP contribution in [0.5, 0.6) is 0 Å². The Morgan fingerprint density at radius 3 is 2.38 bits per heavy atom. The molecule has 0 saturated carbocycles. The van der Waals surface area contributed by atoms with Crippen molar-refractivity contribution in [2.24, 2.45) is 0 Å². The third-order valence-corrected chi connectivity index (χ3v) is 5.74. The molecule has 1 saturated heterocycles. The smallest absolute Gasteiger partial charge is 0.378 e. The molecular weight excluding hydrogens is 488 g/mol. The Bertz CT molecular complexity index is 1410. The topological polar surface area (TPSA) is 76.1 Å². The van der Waals surface area contributed by atoms with E-state index in [1.54, 1.807) is 18.2 Å². The van der Waals surface area contributed by atoms with E-state index < -0.39 is 17.6 Å². The second kappa shape index (κ2) is 10.1. The summed E-state index contributed by atoms with van der Waals surface area (Å²) in [7, 11) is 0. The molecule has 4 heterocycles. The second-order valence-corrected chi connectivity index (χ2v) is 8.52. The lowest BCUT2D eigenvalue weighted by Gasteiger charge is -2.28. The van der Waals surface area contributed by atoms with E-state index in [2.05, 4.69) is 25.3 Å². The van der Waals surface area contributed by atoms with Gasteiger partial charge in [0.1, 0.15) is 5.69 Å². The Kier molecular flexibility index (Phi) is 6.70. The number of hydrogen-bond donors (Lipinski definition) is 1. The number of rotatable bonds is 5. The van der Waals surface area contributed by atoms with Crippen LogP contribution >= 0.6 is 0 Å². The largest absolute Gasteiger partial charge is 0.416 e. The zero-order chi connectivity index (χ0) is 26.0. The first-order valence-electron chi connectivity index (χ1n) is 11.5. The van der Waals surface area contributed by atoms with Crippen molar-refractivity contribution in [3.63, 3.8) is 0 Å². The summed E-state index contributed by atoms with van der Waals surface area (Å²) in [6, 6.07) is 12.0. The molecule has 0 unspecified atom stereocenters. The van der Waals surface area contributed by atoms with E-state index in [4.69, 9.17) is 4.74 Å². The summed E-state index contributed by atoms with van der Waals surface area (Å²) in [6.07, 6.45) is -1.76. The second-order valence-electron chi connectivity index (χ2n) is 8.52. The lowest BCUT2D eigenvalue weighted by Crippen LogP contribution is -2.37. The number of ether oxygens (including phenoxy) is 1. The number of morpholine rings is 1. The predicted octanol–water partition coefficient (Wildman–Crippen LogP) is 5.65. The molecule has 1 aliphatic rings. The average molecular weight is 510 g/mol. The first-order chi connectivity index (χ1) is 17.8. The molecule has 0 amide bonds. The molecule has 7 nitrogen and oxygen atoms in total. The minimum atomic E-state index is -4.43. The highest BCUT2D eigenvalue weighted by Crippen LogP contribution is 2.32. The molecule has 190 valence electrons. The Morgan fingerprint density at radius 2 is 1.65 bits per heavy atom. The summed E-state index contributed by atoms with van der Waals surface area (Å²) < 4.78 is 58.8. The van der Waals surface area contributed by atoms with Gasteiger partial charge in [0.05, 0.1) is 48.2 Å². The standard InChI is InChI=1S/C26H22F4N6O/c1-16-11-22(21-6-5-19(14-31-21)33-18-4-2-3-17(13-18)26(28,29)30)34-23(12-16)24-32-15-20(27)25(35-24)36-7-9-37-10-8-36/h2-6,11-15,33H,7-10H2,1H3. The number of nitrogens with zero attached hydrogens (tertiary/aromatic N) is 5. The van der Waals surface area contributed by atoms with Gasteiger partial charge in [0.25, 0.3) is 0 Å². The predicted molar refractivity (Wildman–Crippen MR) is 131 cm³/mol. The fourth-order valence-corrected chi connectivity index (χ4v) is 3.95. The van der Waals surface area contributed by atoms with Crippen LogP contribution in [0.25, 0.3) is 22.9 Å². The highest BCUT2D eigenvalue weighted by molar-refractivity contribution is 5.66. The molecule has 0 radical (unpaired) electrons. The van der Waals surface area contributed by atoms with Crippen molar-refractivity contribution in [2.75, 3.05) is 36.5 Å². The van der Waals surface area contributed by atoms with Crippen LogP contribution in [0.1, 0.15) is 11.1 Å². The minimum absolute atomic E-state index is 0.210. The van der Waals surface area contributed by atoms with Gasteiger partial charge in [0, 0.05) is 18.8 Å². The summed E-state index contributed by atoms with van der Waals surface area (Å²) >= 11 is 0. The first-order valence-corrected chi connectivity index (χ1v) is 11.5. The van der Waals surface area contributed by atoms with Gasteiger partial charge in [-0.1, -0.05) is 6.07 Å². The van der Waals surface area contributed by atoms with Crippen LogP contribution in [0.15, 0.2) is 60.9 Å². The summed E-state index contributed by atoms with van der Waals surface area (Å²) in [5, 5.41) is 2.93. The van der Waals surface area contributed by atoms with Crippen LogP contribution in [0, 0.1) is 12.7 Å². The number of nitrogens with one attached hydrogen (secondary N) is 1. The molecule has 1 aromatic carbocycles. The van der Waals surface area contributed by atoms with E-state index in [1.807, 2.05) is 24.0 Å². The monoisotopic (exact) mass is 510 g/mol. The molecule has 0 aliphatic carbocycles. The Morgan fingerprint density at radius 1 is 0.865 bits per heavy atom. The highest BCUT2D eigenvalue weighted by atomic mass is 19.4. The zero-order valence-electron chi connectivity index (χ0n) is 19.8. The van der Waals surface area contributed by atoms with Gasteiger partial charge >= 0.3 is 6.18 Å². The minimum Gasteiger partial charge on any atom is -0.378 e. The fraction of sp³-hybridized carbons (Fsp3) is 0.231. The van der Waals surface area contributed by atoms with Gasteiger partial charge < -0.3 is 15.0 Å². The number of pyridine rings is 2. The molecule has 1 N–H and O–H groups in total. The van der Waals surface area contributed by atoms with Crippen molar-refractivity contribution in [1.29, 1.82) is 0 Å². The summed E-state index contributed by atoms with van der Waals surface area (Å²) in [5.41, 5.74) is 2.54. The molecule has 0 bridgehead atoms. The van der Waals surface area contributed by atoms with Gasteiger partial charge in [-0.15, -0.1) is 0 Å². The third-order valence-electron chi connectivity index (χ3n) is 5.74. The molecule has 0 atom stereocenters. The van der Waals surface area contributed by atoms with E-state index in [-0.39, 0.29) is 11.6 Å². The van der Waals surface area contributed by atoms with Gasteiger partial charge in [-0.2, -0.15) is 13.2 Å². The van der Waals surface area contributed by atoms with Crippen molar-refractivity contribution in [2.45, 2.75) is 13.1 Å². The molecule has 1 aliphatic heterocycles. The number of hydrogen-bond acceptors (Lipinski definition) is 7. The Balaban J connectivity index is 1.39. The molecule has 5 rings (SSSR count). The summed E-state index contributed by atoms with van der Waals surface area (Å²) in [4.78, 5) is 19.5. The van der Waals surface area contributed by atoms with Crippen LogP contribution in [0.4, 0.5) is 34.8 Å². The van der Waals surface area contributed by atoms with Crippen molar-refractivity contribution in [1.82, 2.24) is 19.9 Å². The fourth-order valence-electron chi connectivity index (χ4n) is 3.95. The van der Waals surface area contributed by atoms with E-state index in [1.165, 1.54) is 12.3 Å². The maximum atomic E-state index is 14.5. The quantitative estimate of drug-likeness (QED) is 0.348. The van der Waals surface area contributed by atoms with Gasteiger partial charge in [-0.3, -0.25) is 4.98 Å². The van der Waals surface area contributed by atoms with E-state index in [0.717, 1.165) is 23.9 Å². The molecule has 11 heteroatoms. The SMILES string of the molecule is Cc1cc(-c2ccc(Nc3cccc(C(F)(F)F)c3)cn2)nc(-c2ncc(F)c(N3CCOCC3)n2)c1. The number of halogens is 4. The summed E-state index contributed by atoms with van der Waals surface area (Å²) in [5.74, 6) is -0.0129. The molecule has 4 aromatic rings. The van der Waals surface area contributed by atoms with Gasteiger partial charge in [0.2, 0.25) is 0 Å². The molecule has 0 spiro atoms. The van der Waals surface area contributed by atoms with Crippen molar-refractivity contribution >= 4 is 17.2 Å². The Labute approximate surface area is 210 Å². The van der Waals surface area contributed by atoms with E-state index in [9.17, 15) is 17.6 Å². The normalized spacial score (nSPS) is 14.0. The molecular formula is C26H22F4N6O. The average Bonchev–Trinajstić information content (AvgIpc) is 2.89. The number of aryl methyl sites for hydroxylation is 1. The maximum Gasteiger partial charge on any atom is 0.416 e. The van der Waals surface area contributed by atoms with Gasteiger partial charge in [-0.05, 0) is 55.0 Å². The number of aromatic nitrogens is 4. The lowest BCUT2D eigenvalue weighted by molar-refractivity contribution is -0.137. The molecule has 1 fully saturated rings. The van der Waals surface area contributed by atoms with Crippen molar-refractivity contribution < 1.29 is 22.3 Å². The first kappa shape index (κ1) is 24.6. The lowest BCUT2D eigenvalue weighted by atomic mass is 10.1. The van der Waals surface area contributed by atoms with Gasteiger partial charge in [0.15, 0.2) is 17.5 Å². The Hall–Kier alpha value is -4.12. The van der Waals surface area contributed by atoms with E-state index in [0.29, 0.717) is 54.8 Å². The van der Waals surface area contributed by atoms with Crippen LogP contribution in [-0.2, 0) is 10.9 Å². The van der Waals surface area contributed by atoms with Crippen LogP contribution in [0.2, 0.25) is 0 Å². The molecule has 37 heavy (non-hydrogen) atoms. The van der Waals surface area contributed by atoms with Crippen LogP contribution in [-0.4, -0.2) is 46.2 Å². The number of anilines is 3. The van der Waals surface area contributed by atoms with Crippen LogP contribution < -0.4 is 10.2 Å². The van der Waals surface area contributed by atoms with Gasteiger partial charge in [-0.25, -0.2) is 19.3 Å². The highest BCUT2D eigenvalue weighted by Gasteiger charge is 2.30. The van der Waals surface area contributed by atoms with Crippen molar-refractivity contribution in [3.8, 4) is 22.9 Å². The molecule has 3 aromatic heterocycles. The van der Waals surface area contributed by atoms with Crippen LogP contribution in [0.3, 0.4) is 0 Å². The van der Waals surface area contributed by atoms with E-state index >= 15 is 0 Å². The van der Waals surface area contributed by atoms with Crippen molar-refractivity contribution in [3.05, 3.63) is 77.9 Å². The zero-order valence-corrected chi connectivity index (χ0v) is 19.8. The number of benzene rings is 1. The third kappa shape index (κ3) is 5.67.